The molecule has 0 radical (unpaired) electrons. The molecule has 2 N–H and O–H groups in total. The van der Waals surface area contributed by atoms with E-state index in [0.29, 0.717) is 6.42 Å². The molecule has 2 amide bonds. The molecular weight excluding hydrogens is 272 g/mol. The van der Waals surface area contributed by atoms with Crippen LogP contribution in [0, 0.1) is 0 Å². The Labute approximate surface area is 127 Å². The van der Waals surface area contributed by atoms with Crippen LogP contribution < -0.4 is 10.6 Å². The van der Waals surface area contributed by atoms with E-state index < -0.39 is 29.6 Å². The van der Waals surface area contributed by atoms with Crippen LogP contribution in [-0.4, -0.2) is 29.6 Å². The lowest BCUT2D eigenvalue weighted by Gasteiger charge is -2.26. The molecule has 0 unspecified atom stereocenters. The number of nitrogens with one attached hydrogen (secondary N) is 2. The topological polar surface area (TPSA) is 76.7 Å². The van der Waals surface area contributed by atoms with E-state index in [0.717, 1.165) is 12.8 Å². The minimum atomic E-state index is -0.578. The lowest BCUT2D eigenvalue weighted by molar-refractivity contribution is 0.0420. The summed E-state index contributed by atoms with van der Waals surface area (Å²) in [5.74, 6) is 0. The van der Waals surface area contributed by atoms with E-state index in [1.54, 1.807) is 41.5 Å². The van der Waals surface area contributed by atoms with E-state index in [9.17, 15) is 9.59 Å². The van der Waals surface area contributed by atoms with Crippen LogP contribution in [0.25, 0.3) is 0 Å². The quantitative estimate of drug-likeness (QED) is 0.761. The maximum Gasteiger partial charge on any atom is 0.409 e. The predicted octanol–water partition coefficient (Wildman–Crippen LogP) is 3.55. The van der Waals surface area contributed by atoms with Crippen molar-refractivity contribution in [1.82, 2.24) is 10.6 Å². The number of rotatable bonds is 5. The molecular formula is C15H30N2O4. The molecule has 0 aliphatic heterocycles. The zero-order chi connectivity index (χ0) is 16.7. The molecule has 124 valence electrons. The molecule has 0 bridgehead atoms. The highest BCUT2D eigenvalue weighted by atomic mass is 16.6. The number of hydrogen-bond acceptors (Lipinski definition) is 4. The highest BCUT2D eigenvalue weighted by molar-refractivity contribution is 5.71. The van der Waals surface area contributed by atoms with Crippen molar-refractivity contribution in [2.45, 2.75) is 85.1 Å². The highest BCUT2D eigenvalue weighted by Crippen LogP contribution is 2.09. The van der Waals surface area contributed by atoms with Crippen molar-refractivity contribution in [3.05, 3.63) is 0 Å². The summed E-state index contributed by atoms with van der Waals surface area (Å²) < 4.78 is 10.4. The number of hydrogen-bond donors (Lipinski definition) is 2. The second-order valence-corrected chi connectivity index (χ2v) is 6.99. The zero-order valence-electron chi connectivity index (χ0n) is 14.3. The van der Waals surface area contributed by atoms with Gasteiger partial charge in [-0.25, -0.2) is 9.59 Å². The molecule has 0 fully saturated rings. The van der Waals surface area contributed by atoms with Gasteiger partial charge < -0.3 is 20.1 Å². The van der Waals surface area contributed by atoms with Gasteiger partial charge in [0.15, 0.2) is 0 Å². The fraction of sp³-hybridized carbons (Fsp3) is 0.867. The molecule has 0 aromatic rings. The van der Waals surface area contributed by atoms with Crippen molar-refractivity contribution in [2.24, 2.45) is 0 Å². The molecule has 0 heterocycles. The third-order valence-corrected chi connectivity index (χ3v) is 2.23. The van der Waals surface area contributed by atoms with Gasteiger partial charge in [0.2, 0.25) is 0 Å². The van der Waals surface area contributed by atoms with Gasteiger partial charge in [0, 0.05) is 0 Å². The van der Waals surface area contributed by atoms with Crippen molar-refractivity contribution in [2.75, 3.05) is 0 Å². The summed E-state index contributed by atoms with van der Waals surface area (Å²) in [6, 6.07) is 0. The summed E-state index contributed by atoms with van der Waals surface area (Å²) in [5, 5.41) is 5.30. The van der Waals surface area contributed by atoms with E-state index in [4.69, 9.17) is 9.47 Å². The van der Waals surface area contributed by atoms with Crippen LogP contribution in [0.2, 0.25) is 0 Å². The first-order valence-corrected chi connectivity index (χ1v) is 7.42. The van der Waals surface area contributed by atoms with Crippen LogP contribution in [0.15, 0.2) is 0 Å². The Hall–Kier alpha value is -1.46. The molecule has 6 nitrogen and oxygen atoms in total. The molecule has 0 spiro atoms. The summed E-state index contributed by atoms with van der Waals surface area (Å²) in [6.45, 7) is 12.8. The summed E-state index contributed by atoms with van der Waals surface area (Å²) in [4.78, 5) is 23.5. The third kappa shape index (κ3) is 12.0. The Kier molecular flexibility index (Phi) is 7.53. The molecule has 0 aliphatic carbocycles. The van der Waals surface area contributed by atoms with Gasteiger partial charge in [-0.2, -0.15) is 0 Å². The lowest BCUT2D eigenvalue weighted by Crippen LogP contribution is -2.50. The average molecular weight is 302 g/mol. The molecule has 21 heavy (non-hydrogen) atoms. The average Bonchev–Trinajstić information content (AvgIpc) is 2.20. The van der Waals surface area contributed by atoms with Crippen molar-refractivity contribution in [3.8, 4) is 0 Å². The van der Waals surface area contributed by atoms with Crippen molar-refractivity contribution >= 4 is 12.2 Å². The maximum absolute atomic E-state index is 11.8. The number of carbonyl (C=O) groups is 2. The van der Waals surface area contributed by atoms with Gasteiger partial charge >= 0.3 is 12.2 Å². The summed E-state index contributed by atoms with van der Waals surface area (Å²) >= 11 is 0. The molecule has 0 atom stereocenters. The van der Waals surface area contributed by atoms with Crippen molar-refractivity contribution < 1.29 is 19.1 Å². The first kappa shape index (κ1) is 19.5. The molecule has 6 heteroatoms. The fourth-order valence-electron chi connectivity index (χ4n) is 1.49. The van der Waals surface area contributed by atoms with E-state index in [2.05, 4.69) is 10.6 Å². The van der Waals surface area contributed by atoms with Gasteiger partial charge in [0.05, 0.1) is 0 Å². The van der Waals surface area contributed by atoms with Crippen LogP contribution in [0.1, 0.15) is 67.7 Å². The minimum Gasteiger partial charge on any atom is -0.444 e. The fourth-order valence-corrected chi connectivity index (χ4v) is 1.49. The first-order chi connectivity index (χ1) is 9.43. The van der Waals surface area contributed by atoms with Crippen LogP contribution >= 0.6 is 0 Å². The van der Waals surface area contributed by atoms with Gasteiger partial charge in [0.25, 0.3) is 0 Å². The third-order valence-electron chi connectivity index (χ3n) is 2.23. The summed E-state index contributed by atoms with van der Waals surface area (Å²) in [6.07, 6.45) is 0.835. The van der Waals surface area contributed by atoms with Crippen LogP contribution in [0.3, 0.4) is 0 Å². The zero-order valence-corrected chi connectivity index (χ0v) is 14.3. The Bertz CT molecular complexity index is 313. The second kappa shape index (κ2) is 8.10. The number of carbonyl (C=O) groups excluding carboxylic acids is 2. The predicted molar refractivity (Wildman–Crippen MR) is 82.1 cm³/mol. The Balaban J connectivity index is 4.51. The minimum absolute atomic E-state index is 0.505. The largest absolute Gasteiger partial charge is 0.444 e. The van der Waals surface area contributed by atoms with Gasteiger partial charge in [0.1, 0.15) is 17.4 Å². The molecule has 0 aromatic heterocycles. The highest BCUT2D eigenvalue weighted by Gasteiger charge is 2.22. The monoisotopic (exact) mass is 302 g/mol. The lowest BCUT2D eigenvalue weighted by atomic mass is 10.2. The van der Waals surface area contributed by atoms with Crippen LogP contribution in [0.5, 0.6) is 0 Å². The van der Waals surface area contributed by atoms with E-state index >= 15 is 0 Å². The SMILES string of the molecule is CCCCC(NC(=O)OC(C)(C)C)NC(=O)OC(C)(C)C. The smallest absolute Gasteiger partial charge is 0.409 e. The first-order valence-electron chi connectivity index (χ1n) is 7.42. The van der Waals surface area contributed by atoms with Gasteiger partial charge in [-0.3, -0.25) is 0 Å². The van der Waals surface area contributed by atoms with Crippen LogP contribution in [-0.2, 0) is 9.47 Å². The summed E-state index contributed by atoms with van der Waals surface area (Å²) in [5.41, 5.74) is -1.16. The Morgan fingerprint density at radius 2 is 1.29 bits per heavy atom. The second-order valence-electron chi connectivity index (χ2n) is 6.99. The number of amides is 2. The van der Waals surface area contributed by atoms with E-state index in [-0.39, 0.29) is 0 Å². The number of ether oxygens (including phenoxy) is 2. The van der Waals surface area contributed by atoms with Crippen molar-refractivity contribution in [3.63, 3.8) is 0 Å². The molecule has 0 aromatic carbocycles. The van der Waals surface area contributed by atoms with E-state index in [1.165, 1.54) is 0 Å². The van der Waals surface area contributed by atoms with Gasteiger partial charge in [-0.1, -0.05) is 13.3 Å². The maximum atomic E-state index is 11.8. The van der Waals surface area contributed by atoms with Crippen molar-refractivity contribution in [1.29, 1.82) is 0 Å². The normalized spacial score (nSPS) is 12.0. The Morgan fingerprint density at radius 3 is 1.57 bits per heavy atom. The number of alkyl carbamates (subject to hydrolysis) is 2. The van der Waals surface area contributed by atoms with Gasteiger partial charge in [-0.05, 0) is 54.4 Å². The Morgan fingerprint density at radius 1 is 0.905 bits per heavy atom. The van der Waals surface area contributed by atoms with E-state index in [1.807, 2.05) is 6.92 Å². The molecule has 0 aliphatic rings. The molecule has 0 saturated heterocycles. The van der Waals surface area contributed by atoms with Crippen LogP contribution in [0.4, 0.5) is 9.59 Å². The molecule has 0 saturated carbocycles. The molecule has 0 rings (SSSR count). The summed E-state index contributed by atoms with van der Waals surface area (Å²) in [7, 11) is 0. The van der Waals surface area contributed by atoms with Gasteiger partial charge in [-0.15, -0.1) is 0 Å². The standard InChI is InChI=1S/C15H30N2O4/c1-8-9-10-11(16-12(18)20-14(2,3)4)17-13(19)21-15(5,6)7/h11H,8-10H2,1-7H3,(H,16,18)(H,17,19). The number of unbranched alkanes of at least 4 members (excludes halogenated alkanes) is 1.